The van der Waals surface area contributed by atoms with E-state index in [4.69, 9.17) is 5.11 Å². The van der Waals surface area contributed by atoms with E-state index in [-0.39, 0.29) is 12.6 Å². The van der Waals surface area contributed by atoms with E-state index in [2.05, 4.69) is 5.32 Å². The second kappa shape index (κ2) is 6.78. The van der Waals surface area contributed by atoms with Crippen molar-refractivity contribution in [2.45, 2.75) is 46.0 Å². The van der Waals surface area contributed by atoms with Gasteiger partial charge in [0.1, 0.15) is 0 Å². The average molecular weight is 270 g/mol. The lowest BCUT2D eigenvalue weighted by atomic mass is 9.89. The van der Waals surface area contributed by atoms with Crippen molar-refractivity contribution in [2.24, 2.45) is 11.3 Å². The van der Waals surface area contributed by atoms with Gasteiger partial charge < -0.3 is 15.3 Å². The van der Waals surface area contributed by atoms with E-state index in [0.717, 1.165) is 6.54 Å². The topological polar surface area (TPSA) is 69.6 Å². The molecular weight excluding hydrogens is 244 g/mol. The first-order valence-electron chi connectivity index (χ1n) is 7.05. The molecule has 1 saturated carbocycles. The van der Waals surface area contributed by atoms with Crippen molar-refractivity contribution in [1.82, 2.24) is 10.2 Å². The van der Waals surface area contributed by atoms with E-state index >= 15 is 0 Å². The van der Waals surface area contributed by atoms with Crippen LogP contribution in [-0.2, 0) is 4.79 Å². The lowest BCUT2D eigenvalue weighted by Crippen LogP contribution is -2.45. The Hall–Kier alpha value is -1.26. The van der Waals surface area contributed by atoms with E-state index in [9.17, 15) is 9.59 Å². The smallest absolute Gasteiger partial charge is 0.317 e. The molecule has 1 rings (SSSR count). The van der Waals surface area contributed by atoms with Crippen molar-refractivity contribution in [3.8, 4) is 0 Å². The van der Waals surface area contributed by atoms with Crippen LogP contribution in [0.5, 0.6) is 0 Å². The van der Waals surface area contributed by atoms with Crippen molar-refractivity contribution in [3.05, 3.63) is 0 Å². The number of amides is 2. The standard InChI is InChI=1S/C14H26N2O3/c1-14(2,12(17)18)10-15-13(19)16(3)9-11-7-5-4-6-8-11/h11H,4-10H2,1-3H3,(H,15,19)(H,17,18). The number of nitrogens with zero attached hydrogens (tertiary/aromatic N) is 1. The summed E-state index contributed by atoms with van der Waals surface area (Å²) < 4.78 is 0. The zero-order chi connectivity index (χ0) is 14.5. The third-order valence-corrected chi connectivity index (χ3v) is 3.86. The second-order valence-electron chi connectivity index (χ2n) is 6.23. The van der Waals surface area contributed by atoms with Crippen LogP contribution in [0.15, 0.2) is 0 Å². The number of hydrogen-bond donors (Lipinski definition) is 2. The number of hydrogen-bond acceptors (Lipinski definition) is 2. The van der Waals surface area contributed by atoms with Crippen molar-refractivity contribution < 1.29 is 14.7 Å². The molecule has 0 aromatic rings. The molecule has 5 heteroatoms. The molecule has 0 aliphatic heterocycles. The first-order valence-corrected chi connectivity index (χ1v) is 7.05. The third kappa shape index (κ3) is 5.09. The van der Waals surface area contributed by atoms with Gasteiger partial charge in [-0.15, -0.1) is 0 Å². The zero-order valence-corrected chi connectivity index (χ0v) is 12.2. The van der Waals surface area contributed by atoms with Gasteiger partial charge in [-0.2, -0.15) is 0 Å². The van der Waals surface area contributed by atoms with Crippen LogP contribution >= 0.6 is 0 Å². The van der Waals surface area contributed by atoms with Crippen molar-refractivity contribution in [1.29, 1.82) is 0 Å². The van der Waals surface area contributed by atoms with Crippen molar-refractivity contribution in [2.75, 3.05) is 20.1 Å². The van der Waals surface area contributed by atoms with Crippen LogP contribution in [0.1, 0.15) is 46.0 Å². The number of nitrogens with one attached hydrogen (secondary N) is 1. The summed E-state index contributed by atoms with van der Waals surface area (Å²) in [4.78, 5) is 24.5. The predicted molar refractivity (Wildman–Crippen MR) is 74.0 cm³/mol. The molecule has 0 saturated heterocycles. The molecule has 0 aromatic heterocycles. The van der Waals surface area contributed by atoms with E-state index in [0.29, 0.717) is 5.92 Å². The van der Waals surface area contributed by atoms with Gasteiger partial charge in [-0.25, -0.2) is 4.79 Å². The summed E-state index contributed by atoms with van der Waals surface area (Å²) in [6.07, 6.45) is 6.20. The van der Waals surface area contributed by atoms with E-state index < -0.39 is 11.4 Å². The molecule has 0 atom stereocenters. The summed E-state index contributed by atoms with van der Waals surface area (Å²) in [7, 11) is 1.78. The number of carbonyl (C=O) groups is 2. The Morgan fingerprint density at radius 3 is 2.37 bits per heavy atom. The van der Waals surface area contributed by atoms with Crippen LogP contribution in [0.4, 0.5) is 4.79 Å². The molecule has 0 bridgehead atoms. The number of rotatable bonds is 5. The molecule has 0 unspecified atom stereocenters. The maximum Gasteiger partial charge on any atom is 0.317 e. The summed E-state index contributed by atoms with van der Waals surface area (Å²) in [5.41, 5.74) is -0.929. The highest BCUT2D eigenvalue weighted by Gasteiger charge is 2.28. The van der Waals surface area contributed by atoms with E-state index in [1.165, 1.54) is 32.1 Å². The Labute approximate surface area is 115 Å². The van der Waals surface area contributed by atoms with Gasteiger partial charge in [0.2, 0.25) is 0 Å². The van der Waals surface area contributed by atoms with Crippen LogP contribution in [0.25, 0.3) is 0 Å². The molecular formula is C14H26N2O3. The monoisotopic (exact) mass is 270 g/mol. The minimum Gasteiger partial charge on any atom is -0.481 e. The number of urea groups is 1. The Morgan fingerprint density at radius 2 is 1.84 bits per heavy atom. The minimum absolute atomic E-state index is 0.149. The fourth-order valence-corrected chi connectivity index (χ4v) is 2.35. The van der Waals surface area contributed by atoms with Crippen LogP contribution in [0.3, 0.4) is 0 Å². The highest BCUT2D eigenvalue weighted by atomic mass is 16.4. The summed E-state index contributed by atoms with van der Waals surface area (Å²) in [6.45, 7) is 4.13. The highest BCUT2D eigenvalue weighted by molar-refractivity contribution is 5.77. The van der Waals surface area contributed by atoms with Gasteiger partial charge >= 0.3 is 12.0 Å². The Balaban J connectivity index is 2.34. The second-order valence-corrected chi connectivity index (χ2v) is 6.23. The van der Waals surface area contributed by atoms with Crippen molar-refractivity contribution in [3.63, 3.8) is 0 Å². The number of carbonyl (C=O) groups excluding carboxylic acids is 1. The predicted octanol–water partition coefficient (Wildman–Crippen LogP) is 2.32. The normalized spacial score (nSPS) is 17.0. The maximum atomic E-state index is 11.9. The average Bonchev–Trinajstić information content (AvgIpc) is 2.37. The molecule has 0 aromatic carbocycles. The van der Waals surface area contributed by atoms with Gasteiger partial charge in [-0.3, -0.25) is 4.79 Å². The minimum atomic E-state index is -0.929. The SMILES string of the molecule is CN(CC1CCCCC1)C(=O)NCC(C)(C)C(=O)O. The summed E-state index contributed by atoms with van der Waals surface area (Å²) >= 11 is 0. The molecule has 19 heavy (non-hydrogen) atoms. The Kier molecular flexibility index (Phi) is 5.63. The first-order chi connectivity index (χ1) is 8.83. The van der Waals surface area contributed by atoms with Gasteiger partial charge in [-0.05, 0) is 32.6 Å². The van der Waals surface area contributed by atoms with Gasteiger partial charge in [0.25, 0.3) is 0 Å². The summed E-state index contributed by atoms with van der Waals surface area (Å²) in [6, 6.07) is -0.181. The summed E-state index contributed by atoms with van der Waals surface area (Å²) in [5.74, 6) is -0.306. The fourth-order valence-electron chi connectivity index (χ4n) is 2.35. The van der Waals surface area contributed by atoms with E-state index in [1.807, 2.05) is 0 Å². The zero-order valence-electron chi connectivity index (χ0n) is 12.2. The molecule has 2 amide bonds. The lowest BCUT2D eigenvalue weighted by Gasteiger charge is -2.28. The highest BCUT2D eigenvalue weighted by Crippen LogP contribution is 2.24. The molecule has 0 spiro atoms. The van der Waals surface area contributed by atoms with Crippen LogP contribution < -0.4 is 5.32 Å². The van der Waals surface area contributed by atoms with Crippen molar-refractivity contribution >= 4 is 12.0 Å². The molecule has 1 aliphatic carbocycles. The maximum absolute atomic E-state index is 11.9. The van der Waals surface area contributed by atoms with Gasteiger partial charge in [0, 0.05) is 20.1 Å². The number of carboxylic acids is 1. The van der Waals surface area contributed by atoms with Gasteiger partial charge in [0.05, 0.1) is 5.41 Å². The molecule has 2 N–H and O–H groups in total. The Bertz CT molecular complexity index is 323. The summed E-state index contributed by atoms with van der Waals surface area (Å²) in [5, 5.41) is 11.7. The largest absolute Gasteiger partial charge is 0.481 e. The van der Waals surface area contributed by atoms with Crippen LogP contribution in [0, 0.1) is 11.3 Å². The number of aliphatic carboxylic acids is 1. The van der Waals surface area contributed by atoms with Crippen LogP contribution in [0.2, 0.25) is 0 Å². The third-order valence-electron chi connectivity index (χ3n) is 3.86. The van der Waals surface area contributed by atoms with Gasteiger partial charge in [0.15, 0.2) is 0 Å². The molecule has 0 heterocycles. The fraction of sp³-hybridized carbons (Fsp3) is 0.857. The van der Waals surface area contributed by atoms with Gasteiger partial charge in [-0.1, -0.05) is 19.3 Å². The number of carboxylic acid groups (broad SMARTS) is 1. The lowest BCUT2D eigenvalue weighted by molar-refractivity contribution is -0.146. The molecule has 110 valence electrons. The Morgan fingerprint density at radius 1 is 1.26 bits per heavy atom. The molecule has 5 nitrogen and oxygen atoms in total. The molecule has 1 fully saturated rings. The van der Waals surface area contributed by atoms with Crippen LogP contribution in [-0.4, -0.2) is 42.1 Å². The molecule has 0 radical (unpaired) electrons. The quantitative estimate of drug-likeness (QED) is 0.805. The molecule has 1 aliphatic rings. The first kappa shape index (κ1) is 15.8. The van der Waals surface area contributed by atoms with E-state index in [1.54, 1.807) is 25.8 Å².